The Bertz CT molecular complexity index is 212. The molecule has 5 nitrogen and oxygen atoms in total. The first kappa shape index (κ1) is 8.62. The van der Waals surface area contributed by atoms with Crippen LogP contribution in [0.4, 0.5) is 0 Å². The maximum absolute atomic E-state index is 9.24. The van der Waals surface area contributed by atoms with Crippen LogP contribution in [-0.4, -0.2) is 25.7 Å². The molecule has 0 spiro atoms. The minimum atomic E-state index is -3.39. The molecule has 0 aliphatic carbocycles. The Morgan fingerprint density at radius 2 is 2.36 bits per heavy atom. The number of hydrogen-bond donors (Lipinski definition) is 2. The third-order valence-electron chi connectivity index (χ3n) is 1.09. The average Bonchev–Trinajstić information content (AvgIpc) is 2.37. The van der Waals surface area contributed by atoms with Gasteiger partial charge in [0.05, 0.1) is 12.8 Å². The van der Waals surface area contributed by atoms with Crippen molar-refractivity contribution in [1.29, 1.82) is 0 Å². The van der Waals surface area contributed by atoms with E-state index in [4.69, 9.17) is 4.52 Å². The fourth-order valence-electron chi connectivity index (χ4n) is 0.646. The summed E-state index contributed by atoms with van der Waals surface area (Å²) >= 11 is 0. The first-order valence-corrected chi connectivity index (χ1v) is 4.71. The predicted molar refractivity (Wildman–Crippen MR) is 40.6 cm³/mol. The molecule has 1 rings (SSSR count). The van der Waals surface area contributed by atoms with E-state index in [1.165, 1.54) is 18.7 Å². The van der Waals surface area contributed by atoms with E-state index in [2.05, 4.69) is 4.98 Å². The molecule has 0 atom stereocenters. The zero-order valence-electron chi connectivity index (χ0n) is 6.08. The molecular formula is C5H10N2O3P+. The van der Waals surface area contributed by atoms with E-state index in [0.29, 0.717) is 0 Å². The van der Waals surface area contributed by atoms with Crippen molar-refractivity contribution >= 4 is 8.09 Å². The normalized spacial score (nSPS) is 11.9. The van der Waals surface area contributed by atoms with E-state index in [0.717, 1.165) is 4.34 Å². The van der Waals surface area contributed by atoms with E-state index < -0.39 is 8.09 Å². The third kappa shape index (κ3) is 1.97. The lowest BCUT2D eigenvalue weighted by atomic mass is 10.9. The quantitative estimate of drug-likeness (QED) is 0.657. The SMILES string of the molecule is CCO[P+](O)(O)n1ccnc1. The van der Waals surface area contributed by atoms with Crippen LogP contribution in [0, 0.1) is 0 Å². The summed E-state index contributed by atoms with van der Waals surface area (Å²) in [5.41, 5.74) is 0. The minimum Gasteiger partial charge on any atom is -0.241 e. The van der Waals surface area contributed by atoms with Crippen LogP contribution in [0.2, 0.25) is 0 Å². The average molecular weight is 177 g/mol. The molecule has 1 aromatic heterocycles. The molecule has 0 aromatic carbocycles. The van der Waals surface area contributed by atoms with Crippen molar-refractivity contribution in [2.45, 2.75) is 6.92 Å². The van der Waals surface area contributed by atoms with Gasteiger partial charge >= 0.3 is 8.09 Å². The summed E-state index contributed by atoms with van der Waals surface area (Å²) in [4.78, 5) is 22.1. The molecule has 2 N–H and O–H groups in total. The van der Waals surface area contributed by atoms with Crippen molar-refractivity contribution in [2.24, 2.45) is 0 Å². The summed E-state index contributed by atoms with van der Waals surface area (Å²) in [6, 6.07) is 0. The summed E-state index contributed by atoms with van der Waals surface area (Å²) in [5.74, 6) is 0. The van der Waals surface area contributed by atoms with E-state index in [9.17, 15) is 9.79 Å². The maximum Gasteiger partial charge on any atom is 0.530 e. The zero-order chi connectivity index (χ0) is 8.32. The summed E-state index contributed by atoms with van der Waals surface area (Å²) < 4.78 is 5.88. The molecule has 1 heterocycles. The Kier molecular flexibility index (Phi) is 2.57. The Morgan fingerprint density at radius 3 is 2.82 bits per heavy atom. The van der Waals surface area contributed by atoms with Gasteiger partial charge in [0.1, 0.15) is 6.33 Å². The highest BCUT2D eigenvalue weighted by Gasteiger charge is 2.38. The van der Waals surface area contributed by atoms with Crippen molar-refractivity contribution in [1.82, 2.24) is 9.32 Å². The summed E-state index contributed by atoms with van der Waals surface area (Å²) in [7, 11) is -3.39. The summed E-state index contributed by atoms with van der Waals surface area (Å²) in [6.07, 6.45) is 4.22. The van der Waals surface area contributed by atoms with Crippen molar-refractivity contribution < 1.29 is 14.3 Å². The van der Waals surface area contributed by atoms with Crippen molar-refractivity contribution in [2.75, 3.05) is 6.61 Å². The van der Waals surface area contributed by atoms with Gasteiger partial charge in [0.15, 0.2) is 0 Å². The maximum atomic E-state index is 9.24. The predicted octanol–water partition coefficient (Wildman–Crippen LogP) is 0.430. The van der Waals surface area contributed by atoms with E-state index in [1.807, 2.05) is 0 Å². The molecule has 0 saturated heterocycles. The van der Waals surface area contributed by atoms with Crippen LogP contribution in [0.1, 0.15) is 6.92 Å². The van der Waals surface area contributed by atoms with Crippen LogP contribution in [0.5, 0.6) is 0 Å². The van der Waals surface area contributed by atoms with Gasteiger partial charge in [-0.25, -0.2) is 4.98 Å². The van der Waals surface area contributed by atoms with Crippen LogP contribution < -0.4 is 0 Å². The van der Waals surface area contributed by atoms with Gasteiger partial charge in [0.25, 0.3) is 0 Å². The van der Waals surface area contributed by atoms with Crippen LogP contribution in [0.15, 0.2) is 18.7 Å². The van der Waals surface area contributed by atoms with Crippen LogP contribution in [0.3, 0.4) is 0 Å². The topological polar surface area (TPSA) is 67.5 Å². The van der Waals surface area contributed by atoms with Gasteiger partial charge in [-0.2, -0.15) is 14.3 Å². The second-order valence-electron chi connectivity index (χ2n) is 1.87. The first-order valence-electron chi connectivity index (χ1n) is 3.14. The fourth-order valence-corrected chi connectivity index (χ4v) is 1.55. The van der Waals surface area contributed by atoms with Gasteiger partial charge in [0, 0.05) is 6.20 Å². The molecule has 6 heteroatoms. The molecule has 1 aromatic rings. The Morgan fingerprint density at radius 1 is 1.64 bits per heavy atom. The fraction of sp³-hybridized carbons (Fsp3) is 0.400. The van der Waals surface area contributed by atoms with Gasteiger partial charge < -0.3 is 0 Å². The number of aromatic nitrogens is 2. The molecule has 62 valence electrons. The molecule has 0 unspecified atom stereocenters. The van der Waals surface area contributed by atoms with Gasteiger partial charge in [-0.05, 0) is 6.92 Å². The van der Waals surface area contributed by atoms with Crippen molar-refractivity contribution in [3.8, 4) is 0 Å². The van der Waals surface area contributed by atoms with Gasteiger partial charge in [-0.15, -0.1) is 4.34 Å². The van der Waals surface area contributed by atoms with E-state index >= 15 is 0 Å². The number of rotatable bonds is 3. The lowest BCUT2D eigenvalue weighted by Gasteiger charge is -2.07. The molecule has 11 heavy (non-hydrogen) atoms. The highest BCUT2D eigenvalue weighted by molar-refractivity contribution is 7.57. The number of imidazole rings is 1. The number of hydrogen-bond acceptors (Lipinski definition) is 4. The van der Waals surface area contributed by atoms with E-state index in [-0.39, 0.29) is 6.61 Å². The molecule has 0 aliphatic heterocycles. The number of nitrogens with zero attached hydrogens (tertiary/aromatic N) is 2. The highest BCUT2D eigenvalue weighted by atomic mass is 31.2. The molecule has 0 aliphatic rings. The van der Waals surface area contributed by atoms with Crippen molar-refractivity contribution in [3.63, 3.8) is 0 Å². The molecule has 0 fully saturated rings. The molecule has 0 saturated carbocycles. The summed E-state index contributed by atoms with van der Waals surface area (Å²) in [6.45, 7) is 1.96. The second-order valence-corrected chi connectivity index (χ2v) is 3.62. The van der Waals surface area contributed by atoms with Crippen LogP contribution >= 0.6 is 8.09 Å². The third-order valence-corrected chi connectivity index (χ3v) is 2.54. The lowest BCUT2D eigenvalue weighted by molar-refractivity contribution is 0.231. The zero-order valence-corrected chi connectivity index (χ0v) is 6.98. The lowest BCUT2D eigenvalue weighted by Crippen LogP contribution is -2.04. The van der Waals surface area contributed by atoms with Crippen molar-refractivity contribution in [3.05, 3.63) is 18.7 Å². The molecule has 0 amide bonds. The Hall–Kier alpha value is -0.480. The molecule has 0 bridgehead atoms. The van der Waals surface area contributed by atoms with Crippen LogP contribution in [0.25, 0.3) is 0 Å². The second kappa shape index (κ2) is 3.28. The summed E-state index contributed by atoms with van der Waals surface area (Å²) in [5, 5.41) is 0. The molecule has 0 radical (unpaired) electrons. The van der Waals surface area contributed by atoms with Crippen LogP contribution in [-0.2, 0) is 4.52 Å². The Labute approximate surface area is 64.9 Å². The van der Waals surface area contributed by atoms with E-state index in [1.54, 1.807) is 6.92 Å². The Balaban J connectivity index is 2.73. The highest BCUT2D eigenvalue weighted by Crippen LogP contribution is 2.51. The van der Waals surface area contributed by atoms with Gasteiger partial charge in [-0.1, -0.05) is 0 Å². The smallest absolute Gasteiger partial charge is 0.241 e. The first-order chi connectivity index (χ1) is 5.17. The minimum absolute atomic E-state index is 0.263. The molecular weight excluding hydrogens is 167 g/mol. The van der Waals surface area contributed by atoms with Gasteiger partial charge in [-0.3, -0.25) is 0 Å². The standard InChI is InChI=1S/C5H10N2O3P/c1-2-10-11(8,9)7-4-3-6-5-7/h3-5,8-9H,2H2,1H3/q+1. The largest absolute Gasteiger partial charge is 0.530 e. The van der Waals surface area contributed by atoms with Gasteiger partial charge in [0.2, 0.25) is 0 Å². The monoisotopic (exact) mass is 177 g/mol.